The van der Waals surface area contributed by atoms with Crippen LogP contribution < -0.4 is 4.74 Å². The minimum absolute atomic E-state index is 0.156. The van der Waals surface area contributed by atoms with E-state index in [9.17, 15) is 18.3 Å². The zero-order valence-corrected chi connectivity index (χ0v) is 22.1. The Morgan fingerprint density at radius 3 is 2.61 bits per heavy atom. The van der Waals surface area contributed by atoms with Crippen molar-refractivity contribution in [1.82, 2.24) is 9.97 Å². The molecule has 194 valence electrons. The fraction of sp³-hybridized carbons (Fsp3) is 0.276. The highest BCUT2D eigenvalue weighted by Crippen LogP contribution is 2.40. The molecule has 2 atom stereocenters. The molecule has 9 heteroatoms. The summed E-state index contributed by atoms with van der Waals surface area (Å²) in [6.45, 7) is 0.329. The van der Waals surface area contributed by atoms with E-state index < -0.39 is 27.5 Å². The van der Waals surface area contributed by atoms with Crippen molar-refractivity contribution in [2.24, 2.45) is 5.92 Å². The first kappa shape index (κ1) is 24.9. The van der Waals surface area contributed by atoms with Crippen LogP contribution in [-0.2, 0) is 16.3 Å². The lowest BCUT2D eigenvalue weighted by Gasteiger charge is -2.30. The number of thiazole rings is 1. The zero-order valence-electron chi connectivity index (χ0n) is 20.5. The smallest absolute Gasteiger partial charge is 0.178 e. The van der Waals surface area contributed by atoms with Gasteiger partial charge in [0.15, 0.2) is 15.6 Å². The molecule has 1 aliphatic heterocycles. The van der Waals surface area contributed by atoms with Gasteiger partial charge in [-0.3, -0.25) is 14.8 Å². The number of aromatic nitrogens is 2. The molecule has 0 unspecified atom stereocenters. The van der Waals surface area contributed by atoms with Gasteiger partial charge in [-0.15, -0.1) is 11.3 Å². The summed E-state index contributed by atoms with van der Waals surface area (Å²) >= 11 is 1.56. The molecule has 0 spiro atoms. The second-order valence-electron chi connectivity index (χ2n) is 9.85. The lowest BCUT2D eigenvalue weighted by Crippen LogP contribution is -2.28. The summed E-state index contributed by atoms with van der Waals surface area (Å²) in [6, 6.07) is 16.5. The number of carbonyl (C=O) groups excluding carboxylic acids is 1. The molecule has 0 bridgehead atoms. The number of fused-ring (bicyclic) bond motifs is 1. The molecule has 0 radical (unpaired) electrons. The lowest BCUT2D eigenvalue weighted by molar-refractivity contribution is 0.0503. The largest absolute Gasteiger partial charge is 0.493 e. The number of rotatable bonds is 8. The third-order valence-electron chi connectivity index (χ3n) is 7.15. The first-order chi connectivity index (χ1) is 18.4. The van der Waals surface area contributed by atoms with Crippen LogP contribution in [0.5, 0.6) is 5.75 Å². The van der Waals surface area contributed by atoms with Gasteiger partial charge in [0.05, 0.1) is 28.3 Å². The molecule has 1 aliphatic carbocycles. The number of ether oxygens (including phenoxy) is 1. The zero-order chi connectivity index (χ0) is 26.3. The van der Waals surface area contributed by atoms with Crippen molar-refractivity contribution in [2.75, 3.05) is 12.4 Å². The number of aliphatic hydroxyl groups excluding tert-OH is 1. The van der Waals surface area contributed by atoms with Crippen LogP contribution >= 0.6 is 11.3 Å². The molecule has 0 amide bonds. The summed E-state index contributed by atoms with van der Waals surface area (Å²) in [5.41, 5.74) is 6.13. The van der Waals surface area contributed by atoms with Crippen molar-refractivity contribution >= 4 is 27.0 Å². The Balaban J connectivity index is 1.20. The van der Waals surface area contributed by atoms with Gasteiger partial charge in [0.2, 0.25) is 0 Å². The van der Waals surface area contributed by atoms with E-state index in [-0.39, 0.29) is 11.2 Å². The molecule has 4 aromatic rings. The summed E-state index contributed by atoms with van der Waals surface area (Å²) < 4.78 is 30.9. The van der Waals surface area contributed by atoms with Crippen LogP contribution in [0.15, 0.2) is 72.5 Å². The Morgan fingerprint density at radius 2 is 1.87 bits per heavy atom. The number of ketones is 1. The van der Waals surface area contributed by atoms with Crippen LogP contribution in [0.25, 0.3) is 21.6 Å². The number of Topliss-reactive ketones (excluding diaryl/α,β-unsaturated/α-hetero) is 1. The highest BCUT2D eigenvalue weighted by atomic mass is 32.2. The second-order valence-corrected chi connectivity index (χ2v) is 13.0. The fourth-order valence-corrected chi connectivity index (χ4v) is 7.11. The van der Waals surface area contributed by atoms with E-state index >= 15 is 0 Å². The Morgan fingerprint density at radius 1 is 1.05 bits per heavy atom. The Labute approximate surface area is 225 Å². The van der Waals surface area contributed by atoms with Gasteiger partial charge < -0.3 is 9.84 Å². The highest BCUT2D eigenvalue weighted by Gasteiger charge is 2.37. The molecule has 1 saturated carbocycles. The average Bonchev–Trinajstić information content (AvgIpc) is 3.66. The molecule has 3 heterocycles. The molecule has 7 nitrogen and oxygen atoms in total. The number of sulfone groups is 1. The van der Waals surface area contributed by atoms with Crippen LogP contribution in [0.4, 0.5) is 0 Å². The van der Waals surface area contributed by atoms with Gasteiger partial charge in [-0.2, -0.15) is 0 Å². The van der Waals surface area contributed by atoms with Crippen LogP contribution in [0, 0.1) is 5.92 Å². The van der Waals surface area contributed by atoms with Crippen LogP contribution in [0.1, 0.15) is 40.6 Å². The molecule has 0 saturated heterocycles. The van der Waals surface area contributed by atoms with E-state index in [0.717, 1.165) is 21.7 Å². The second kappa shape index (κ2) is 10.1. The summed E-state index contributed by atoms with van der Waals surface area (Å²) in [4.78, 5) is 22.7. The fourth-order valence-electron chi connectivity index (χ4n) is 4.89. The van der Waals surface area contributed by atoms with Gasteiger partial charge in [0, 0.05) is 40.7 Å². The van der Waals surface area contributed by atoms with Gasteiger partial charge in [-0.1, -0.05) is 42.5 Å². The first-order valence-corrected chi connectivity index (χ1v) is 15.1. The lowest BCUT2D eigenvalue weighted by atomic mass is 9.88. The van der Waals surface area contributed by atoms with Crippen LogP contribution in [0.3, 0.4) is 0 Å². The van der Waals surface area contributed by atoms with Crippen molar-refractivity contribution < 1.29 is 23.1 Å². The summed E-state index contributed by atoms with van der Waals surface area (Å²) in [7, 11) is -3.42. The van der Waals surface area contributed by atoms with Crippen molar-refractivity contribution in [3.05, 3.63) is 89.3 Å². The highest BCUT2D eigenvalue weighted by molar-refractivity contribution is 7.93. The standard InChI is InChI=1S/C29H26N2O5S2/c32-26(16-38(34,35)22-8-9-22)24-4-2-1-3-23(24)18-6-10-25-27(12-18)36-15-20(29(25)33)11-21-7-5-19(13-31-21)28-14-30-17-37-28/h1-7,10,12-14,17,20,22,29,33H,8-9,11,15-16H2/t20-,29+/m0/s1. The Kier molecular flexibility index (Phi) is 6.59. The van der Waals surface area contributed by atoms with E-state index in [0.29, 0.717) is 48.3 Å². The quantitative estimate of drug-likeness (QED) is 0.313. The van der Waals surface area contributed by atoms with E-state index in [4.69, 9.17) is 4.74 Å². The predicted octanol–water partition coefficient (Wildman–Crippen LogP) is 4.92. The molecular weight excluding hydrogens is 520 g/mol. The van der Waals surface area contributed by atoms with Crippen LogP contribution in [-0.4, -0.2) is 46.9 Å². The van der Waals surface area contributed by atoms with Gasteiger partial charge in [-0.05, 0) is 42.5 Å². The SMILES string of the molecule is O=C(CS(=O)(=O)C1CC1)c1ccccc1-c1ccc2c(c1)OC[C@H](Cc1ccc(-c3cncs3)cn1)[C@H]2O. The third kappa shape index (κ3) is 5.01. The number of hydrogen-bond acceptors (Lipinski definition) is 8. The minimum atomic E-state index is -3.42. The number of benzene rings is 2. The number of pyridine rings is 1. The van der Waals surface area contributed by atoms with Crippen molar-refractivity contribution in [3.8, 4) is 27.3 Å². The summed E-state index contributed by atoms with van der Waals surface area (Å²) in [5, 5.41) is 10.8. The van der Waals surface area contributed by atoms with E-state index in [1.165, 1.54) is 0 Å². The maximum Gasteiger partial charge on any atom is 0.178 e. The van der Waals surface area contributed by atoms with E-state index in [1.54, 1.807) is 29.0 Å². The number of hydrogen-bond donors (Lipinski definition) is 1. The molecule has 6 rings (SSSR count). The van der Waals surface area contributed by atoms with Gasteiger partial charge in [0.1, 0.15) is 11.5 Å². The molecule has 2 aromatic carbocycles. The van der Waals surface area contributed by atoms with Crippen molar-refractivity contribution in [1.29, 1.82) is 0 Å². The van der Waals surface area contributed by atoms with E-state index in [1.807, 2.05) is 54.9 Å². The van der Waals surface area contributed by atoms with Gasteiger partial charge >= 0.3 is 0 Å². The molecule has 38 heavy (non-hydrogen) atoms. The van der Waals surface area contributed by atoms with Crippen molar-refractivity contribution in [3.63, 3.8) is 0 Å². The van der Waals surface area contributed by atoms with Crippen LogP contribution in [0.2, 0.25) is 0 Å². The third-order valence-corrected chi connectivity index (χ3v) is 10.1. The first-order valence-electron chi connectivity index (χ1n) is 12.5. The average molecular weight is 547 g/mol. The minimum Gasteiger partial charge on any atom is -0.493 e. The number of carbonyl (C=O) groups is 1. The molecule has 2 aliphatic rings. The topological polar surface area (TPSA) is 106 Å². The number of nitrogens with zero attached hydrogens (tertiary/aromatic N) is 2. The summed E-state index contributed by atoms with van der Waals surface area (Å²) in [6.07, 6.45) is 4.76. The monoisotopic (exact) mass is 546 g/mol. The van der Waals surface area contributed by atoms with E-state index in [2.05, 4.69) is 9.97 Å². The maximum atomic E-state index is 13.0. The molecular formula is C29H26N2O5S2. The van der Waals surface area contributed by atoms with Gasteiger partial charge in [-0.25, -0.2) is 8.42 Å². The number of aliphatic hydroxyl groups is 1. The molecule has 2 aromatic heterocycles. The van der Waals surface area contributed by atoms with Gasteiger partial charge in [0.25, 0.3) is 0 Å². The molecule has 1 fully saturated rings. The Bertz CT molecular complexity index is 1580. The molecule has 1 N–H and O–H groups in total. The predicted molar refractivity (Wildman–Crippen MR) is 146 cm³/mol. The normalized spacial score (nSPS) is 19.0. The Hall–Kier alpha value is -3.40. The van der Waals surface area contributed by atoms with Crippen molar-refractivity contribution in [2.45, 2.75) is 30.6 Å². The maximum absolute atomic E-state index is 13.0. The summed E-state index contributed by atoms with van der Waals surface area (Å²) in [5.74, 6) is -0.472.